The number of aromatic nitrogens is 3. The third kappa shape index (κ3) is 10.1. The number of nitrogens with zero attached hydrogens (tertiary/aromatic N) is 3. The first-order chi connectivity index (χ1) is 10.4. The van der Waals surface area contributed by atoms with Crippen LogP contribution in [-0.4, -0.2) is 15.0 Å². The zero-order chi connectivity index (χ0) is 15.2. The summed E-state index contributed by atoms with van der Waals surface area (Å²) in [5.41, 5.74) is 1.20. The SMILES string of the molecule is CCCCCCC.Cl.c1ccc(CNc2ncncn2)cc1. The van der Waals surface area contributed by atoms with E-state index in [0.29, 0.717) is 5.95 Å². The lowest BCUT2D eigenvalue weighted by molar-refractivity contribution is 0.656. The summed E-state index contributed by atoms with van der Waals surface area (Å²) in [7, 11) is 0. The van der Waals surface area contributed by atoms with Gasteiger partial charge in [0, 0.05) is 6.54 Å². The molecule has 4 nitrogen and oxygen atoms in total. The van der Waals surface area contributed by atoms with Crippen molar-refractivity contribution >= 4 is 18.4 Å². The summed E-state index contributed by atoms with van der Waals surface area (Å²) in [4.78, 5) is 11.7. The summed E-state index contributed by atoms with van der Waals surface area (Å²) in [5, 5.41) is 3.10. The van der Waals surface area contributed by atoms with E-state index in [9.17, 15) is 0 Å². The Balaban J connectivity index is 0.000000478. The van der Waals surface area contributed by atoms with Crippen molar-refractivity contribution in [1.82, 2.24) is 15.0 Å². The largest absolute Gasteiger partial charge is 0.350 e. The highest BCUT2D eigenvalue weighted by Gasteiger charge is 1.93. The minimum Gasteiger partial charge on any atom is -0.350 e. The van der Waals surface area contributed by atoms with E-state index in [1.54, 1.807) is 0 Å². The first kappa shape index (κ1) is 20.3. The maximum atomic E-state index is 3.96. The highest BCUT2D eigenvalue weighted by atomic mass is 35.5. The van der Waals surface area contributed by atoms with E-state index in [0.717, 1.165) is 6.54 Å². The van der Waals surface area contributed by atoms with E-state index < -0.39 is 0 Å². The zero-order valence-corrected chi connectivity index (χ0v) is 14.4. The van der Waals surface area contributed by atoms with Crippen molar-refractivity contribution in [2.45, 2.75) is 52.5 Å². The van der Waals surface area contributed by atoms with Crippen molar-refractivity contribution in [3.63, 3.8) is 0 Å². The molecule has 2 aromatic rings. The molecule has 0 unspecified atom stereocenters. The molecule has 0 saturated heterocycles. The average molecular weight is 323 g/mol. The Bertz CT molecular complexity index is 407. The van der Waals surface area contributed by atoms with E-state index in [1.165, 1.54) is 50.3 Å². The molecule has 0 amide bonds. The molecule has 0 spiro atoms. The number of nitrogens with one attached hydrogen (secondary N) is 1. The monoisotopic (exact) mass is 322 g/mol. The van der Waals surface area contributed by atoms with Gasteiger partial charge in [0.2, 0.25) is 5.95 Å². The van der Waals surface area contributed by atoms with Gasteiger partial charge in [-0.05, 0) is 5.56 Å². The molecule has 0 atom stereocenters. The van der Waals surface area contributed by atoms with Gasteiger partial charge >= 0.3 is 0 Å². The van der Waals surface area contributed by atoms with Crippen LogP contribution in [0, 0.1) is 0 Å². The van der Waals surface area contributed by atoms with Crippen molar-refractivity contribution < 1.29 is 0 Å². The van der Waals surface area contributed by atoms with Crippen LogP contribution in [0.3, 0.4) is 0 Å². The van der Waals surface area contributed by atoms with Gasteiger partial charge in [0.1, 0.15) is 12.7 Å². The second-order valence-corrected chi connectivity index (χ2v) is 4.86. The van der Waals surface area contributed by atoms with Gasteiger partial charge in [-0.3, -0.25) is 0 Å². The quantitative estimate of drug-likeness (QED) is 0.738. The van der Waals surface area contributed by atoms with Gasteiger partial charge in [0.15, 0.2) is 0 Å². The summed E-state index contributed by atoms with van der Waals surface area (Å²) in [5.74, 6) is 0.601. The standard InChI is InChI=1S/C10H10N4.C7H16.ClH/c1-2-4-9(5-3-1)6-12-10-13-7-11-8-14-10;1-3-5-7-6-4-2;/h1-5,7-8H,6H2,(H,11,12,13,14);3-7H2,1-2H3;1H. The topological polar surface area (TPSA) is 50.7 Å². The van der Waals surface area contributed by atoms with Crippen LogP contribution in [0.4, 0.5) is 5.95 Å². The number of unbranched alkanes of at least 4 members (excludes halogenated alkanes) is 4. The van der Waals surface area contributed by atoms with Crippen molar-refractivity contribution in [2.75, 3.05) is 5.32 Å². The number of anilines is 1. The van der Waals surface area contributed by atoms with Crippen LogP contribution in [0.2, 0.25) is 0 Å². The molecule has 1 aromatic heterocycles. The lowest BCUT2D eigenvalue weighted by Crippen LogP contribution is -2.02. The number of hydrogen-bond acceptors (Lipinski definition) is 4. The van der Waals surface area contributed by atoms with Crippen LogP contribution in [0.5, 0.6) is 0 Å². The van der Waals surface area contributed by atoms with Gasteiger partial charge in [-0.15, -0.1) is 12.4 Å². The summed E-state index contributed by atoms with van der Waals surface area (Å²) in [6, 6.07) is 10.1. The van der Waals surface area contributed by atoms with Crippen molar-refractivity contribution in [3.05, 3.63) is 48.5 Å². The van der Waals surface area contributed by atoms with Crippen LogP contribution in [-0.2, 0) is 6.54 Å². The molecule has 1 aromatic carbocycles. The molecule has 2 rings (SSSR count). The van der Waals surface area contributed by atoms with Gasteiger partial charge in [0.25, 0.3) is 0 Å². The van der Waals surface area contributed by atoms with E-state index in [4.69, 9.17) is 0 Å². The Morgan fingerprint density at radius 3 is 2.00 bits per heavy atom. The predicted octanol–water partition coefficient (Wildman–Crippen LogP) is 4.88. The van der Waals surface area contributed by atoms with Gasteiger partial charge in [0.05, 0.1) is 0 Å². The molecule has 0 aliphatic heterocycles. The fraction of sp³-hybridized carbons (Fsp3) is 0.471. The molecule has 0 saturated carbocycles. The highest BCUT2D eigenvalue weighted by Crippen LogP contribution is 2.01. The first-order valence-electron chi connectivity index (χ1n) is 7.76. The molecule has 0 radical (unpaired) electrons. The Hall–Kier alpha value is -1.68. The lowest BCUT2D eigenvalue weighted by atomic mass is 10.2. The smallest absolute Gasteiger partial charge is 0.225 e. The Kier molecular flexibility index (Phi) is 13.2. The minimum absolute atomic E-state index is 0. The Labute approximate surface area is 140 Å². The molecule has 0 fully saturated rings. The molecular weight excluding hydrogens is 296 g/mol. The molecular formula is C17H27ClN4. The third-order valence-corrected chi connectivity index (χ3v) is 2.99. The van der Waals surface area contributed by atoms with E-state index >= 15 is 0 Å². The fourth-order valence-electron chi connectivity index (χ4n) is 1.78. The second-order valence-electron chi connectivity index (χ2n) is 4.86. The van der Waals surface area contributed by atoms with Crippen LogP contribution in [0.15, 0.2) is 43.0 Å². The molecule has 22 heavy (non-hydrogen) atoms. The van der Waals surface area contributed by atoms with Crippen LogP contribution in [0.1, 0.15) is 51.5 Å². The predicted molar refractivity (Wildman–Crippen MR) is 95.3 cm³/mol. The summed E-state index contributed by atoms with van der Waals surface area (Å²) in [6.45, 7) is 5.22. The first-order valence-corrected chi connectivity index (χ1v) is 7.76. The minimum atomic E-state index is 0. The second kappa shape index (κ2) is 14.3. The molecule has 1 heterocycles. The normalized spacial score (nSPS) is 9.18. The fourth-order valence-corrected chi connectivity index (χ4v) is 1.78. The molecule has 0 aliphatic rings. The van der Waals surface area contributed by atoms with Gasteiger partial charge in [-0.1, -0.05) is 76.3 Å². The van der Waals surface area contributed by atoms with Gasteiger partial charge in [-0.25, -0.2) is 15.0 Å². The number of hydrogen-bond donors (Lipinski definition) is 1. The van der Waals surface area contributed by atoms with Crippen LogP contribution >= 0.6 is 12.4 Å². The van der Waals surface area contributed by atoms with Crippen LogP contribution in [0.25, 0.3) is 0 Å². The summed E-state index contributed by atoms with van der Waals surface area (Å²) < 4.78 is 0. The Morgan fingerprint density at radius 1 is 0.864 bits per heavy atom. The number of rotatable bonds is 7. The van der Waals surface area contributed by atoms with Gasteiger partial charge < -0.3 is 5.32 Å². The number of halogens is 1. The van der Waals surface area contributed by atoms with Crippen molar-refractivity contribution in [3.8, 4) is 0 Å². The Morgan fingerprint density at radius 2 is 1.45 bits per heavy atom. The maximum absolute atomic E-state index is 3.96. The zero-order valence-electron chi connectivity index (χ0n) is 13.5. The highest BCUT2D eigenvalue weighted by molar-refractivity contribution is 5.85. The van der Waals surface area contributed by atoms with Crippen LogP contribution < -0.4 is 5.32 Å². The average Bonchev–Trinajstić information content (AvgIpc) is 2.56. The molecule has 1 N–H and O–H groups in total. The van der Waals surface area contributed by atoms with E-state index in [2.05, 4.69) is 34.1 Å². The molecule has 122 valence electrons. The van der Waals surface area contributed by atoms with Crippen molar-refractivity contribution in [1.29, 1.82) is 0 Å². The number of benzene rings is 1. The van der Waals surface area contributed by atoms with Crippen molar-refractivity contribution in [2.24, 2.45) is 0 Å². The van der Waals surface area contributed by atoms with E-state index in [-0.39, 0.29) is 12.4 Å². The maximum Gasteiger partial charge on any atom is 0.225 e. The third-order valence-electron chi connectivity index (χ3n) is 2.99. The van der Waals surface area contributed by atoms with E-state index in [1.807, 2.05) is 30.3 Å². The summed E-state index contributed by atoms with van der Waals surface area (Å²) >= 11 is 0. The van der Waals surface area contributed by atoms with Gasteiger partial charge in [-0.2, -0.15) is 0 Å². The summed E-state index contributed by atoms with van der Waals surface area (Å²) in [6.07, 6.45) is 9.95. The molecule has 0 aliphatic carbocycles. The molecule has 0 bridgehead atoms. The lowest BCUT2D eigenvalue weighted by Gasteiger charge is -2.02. The molecule has 5 heteroatoms.